The number of halogens is 4. The first kappa shape index (κ1) is 20.3. The van der Waals surface area contributed by atoms with Crippen molar-refractivity contribution in [2.24, 2.45) is 17.8 Å². The zero-order valence-corrected chi connectivity index (χ0v) is 16.5. The molecule has 0 amide bonds. The monoisotopic (exact) mass is 440 g/mol. The van der Waals surface area contributed by atoms with Gasteiger partial charge in [-0.1, -0.05) is 54.9 Å². The Bertz CT molecular complexity index is 770. The molecule has 140 valence electrons. The fourth-order valence-corrected chi connectivity index (χ4v) is 4.18. The summed E-state index contributed by atoms with van der Waals surface area (Å²) in [5, 5.41) is 0. The quantitative estimate of drug-likeness (QED) is 0.443. The van der Waals surface area contributed by atoms with Crippen molar-refractivity contribution >= 4 is 31.6 Å². The van der Waals surface area contributed by atoms with Gasteiger partial charge in [-0.2, -0.15) is 21.6 Å². The molecule has 1 aliphatic carbocycles. The predicted octanol–water partition coefficient (Wildman–Crippen LogP) is 5.73. The zero-order chi connectivity index (χ0) is 19.0. The zero-order valence-electron chi connectivity index (χ0n) is 14.1. The smallest absolute Gasteiger partial charge is 0.380 e. The molecule has 0 heterocycles. The average molecular weight is 441 g/mol. The van der Waals surface area contributed by atoms with Crippen LogP contribution in [0, 0.1) is 17.8 Å². The normalized spacial score (nSPS) is 22.4. The van der Waals surface area contributed by atoms with Crippen LogP contribution in [0.4, 0.5) is 13.2 Å². The summed E-state index contributed by atoms with van der Waals surface area (Å²) in [4.78, 5) is 0. The van der Waals surface area contributed by atoms with E-state index in [9.17, 15) is 21.6 Å². The lowest BCUT2D eigenvalue weighted by Gasteiger charge is -2.34. The molecule has 0 radical (unpaired) electrons. The molecule has 0 fully saturated rings. The molecule has 1 aromatic rings. The van der Waals surface area contributed by atoms with Crippen LogP contribution in [0.3, 0.4) is 0 Å². The largest absolute Gasteiger partial charge is 0.534 e. The highest BCUT2D eigenvalue weighted by molar-refractivity contribution is 9.10. The Labute approximate surface area is 154 Å². The highest BCUT2D eigenvalue weighted by Crippen LogP contribution is 2.46. The molecule has 3 nitrogen and oxygen atoms in total. The van der Waals surface area contributed by atoms with Gasteiger partial charge in [0.05, 0.1) is 0 Å². The highest BCUT2D eigenvalue weighted by atomic mass is 79.9. The Morgan fingerprint density at radius 1 is 1.20 bits per heavy atom. The van der Waals surface area contributed by atoms with Crippen LogP contribution in [0.2, 0.25) is 0 Å². The topological polar surface area (TPSA) is 43.4 Å². The number of hydrogen-bond donors (Lipinski definition) is 0. The second kappa shape index (κ2) is 7.31. The molecular formula is C17H20BrF3O3S. The van der Waals surface area contributed by atoms with E-state index in [1.165, 1.54) is 0 Å². The molecule has 2 atom stereocenters. The van der Waals surface area contributed by atoms with E-state index in [0.717, 1.165) is 6.42 Å². The summed E-state index contributed by atoms with van der Waals surface area (Å²) in [7, 11) is -5.71. The van der Waals surface area contributed by atoms with Crippen molar-refractivity contribution in [2.45, 2.75) is 39.1 Å². The van der Waals surface area contributed by atoms with Gasteiger partial charge in [0.1, 0.15) is 5.76 Å². The SMILES string of the molecule is CC(C)C1CC[C@@H](C)C(c2ccccc2Br)=C1OS(=O)(=O)C(F)(F)F. The minimum Gasteiger partial charge on any atom is -0.380 e. The number of rotatable bonds is 4. The van der Waals surface area contributed by atoms with Crippen molar-refractivity contribution in [1.29, 1.82) is 0 Å². The summed E-state index contributed by atoms with van der Waals surface area (Å²) in [6, 6.07) is 7.06. The van der Waals surface area contributed by atoms with Gasteiger partial charge < -0.3 is 4.18 Å². The van der Waals surface area contributed by atoms with Crippen LogP contribution >= 0.6 is 15.9 Å². The molecule has 0 spiro atoms. The molecule has 0 saturated heterocycles. The van der Waals surface area contributed by atoms with Crippen molar-refractivity contribution in [3.63, 3.8) is 0 Å². The predicted molar refractivity (Wildman–Crippen MR) is 93.8 cm³/mol. The Hall–Kier alpha value is -1.02. The van der Waals surface area contributed by atoms with Crippen LogP contribution in [0.25, 0.3) is 5.57 Å². The first-order valence-electron chi connectivity index (χ1n) is 7.95. The molecule has 0 N–H and O–H groups in total. The van der Waals surface area contributed by atoms with Crippen molar-refractivity contribution < 1.29 is 25.8 Å². The van der Waals surface area contributed by atoms with Crippen LogP contribution in [-0.2, 0) is 14.3 Å². The second-order valence-corrected chi connectivity index (χ2v) is 8.96. The fraction of sp³-hybridized carbons (Fsp3) is 0.529. The molecule has 0 saturated carbocycles. The standard InChI is InChI=1S/C17H20BrF3O3S/c1-10(2)12-9-8-11(3)15(13-6-4-5-7-14(13)18)16(12)24-25(22,23)17(19,20)21/h4-7,10-12H,8-9H2,1-3H3/t11-,12?/m1/s1. The second-order valence-electron chi connectivity index (χ2n) is 6.57. The molecule has 0 aromatic heterocycles. The summed E-state index contributed by atoms with van der Waals surface area (Å²) in [6.07, 6.45) is 1.33. The molecule has 25 heavy (non-hydrogen) atoms. The molecule has 8 heteroatoms. The van der Waals surface area contributed by atoms with Crippen LogP contribution in [0.5, 0.6) is 0 Å². The fourth-order valence-electron chi connectivity index (χ4n) is 3.13. The van der Waals surface area contributed by atoms with Gasteiger partial charge in [0.2, 0.25) is 0 Å². The molecule has 1 aromatic carbocycles. The first-order valence-corrected chi connectivity index (χ1v) is 10.2. The van der Waals surface area contributed by atoms with E-state index < -0.39 is 21.5 Å². The van der Waals surface area contributed by atoms with E-state index in [1.54, 1.807) is 24.3 Å². The Balaban J connectivity index is 2.69. The first-order chi connectivity index (χ1) is 11.5. The lowest BCUT2D eigenvalue weighted by Crippen LogP contribution is -2.30. The van der Waals surface area contributed by atoms with Gasteiger partial charge in [-0.25, -0.2) is 0 Å². The van der Waals surface area contributed by atoms with Gasteiger partial charge in [0.15, 0.2) is 0 Å². The van der Waals surface area contributed by atoms with Crippen molar-refractivity contribution in [3.8, 4) is 0 Å². The van der Waals surface area contributed by atoms with Gasteiger partial charge in [-0.3, -0.25) is 0 Å². The van der Waals surface area contributed by atoms with E-state index in [1.807, 2.05) is 20.8 Å². The molecule has 1 unspecified atom stereocenters. The summed E-state index contributed by atoms with van der Waals surface area (Å²) in [5.41, 5.74) is -4.28. The molecule has 1 aliphatic rings. The number of alkyl halides is 3. The maximum atomic E-state index is 12.9. The lowest BCUT2D eigenvalue weighted by molar-refractivity contribution is -0.0529. The third-order valence-corrected chi connectivity index (χ3v) is 6.11. The van der Waals surface area contributed by atoms with E-state index in [0.29, 0.717) is 22.0 Å². The Morgan fingerprint density at radius 2 is 1.80 bits per heavy atom. The van der Waals surface area contributed by atoms with Crippen molar-refractivity contribution in [2.75, 3.05) is 0 Å². The van der Waals surface area contributed by atoms with Gasteiger partial charge >= 0.3 is 15.6 Å². The molecular weight excluding hydrogens is 421 g/mol. The Morgan fingerprint density at radius 3 is 2.32 bits per heavy atom. The van der Waals surface area contributed by atoms with Crippen molar-refractivity contribution in [1.82, 2.24) is 0 Å². The number of allylic oxidation sites excluding steroid dienone is 2. The van der Waals surface area contributed by atoms with Crippen LogP contribution < -0.4 is 0 Å². The van der Waals surface area contributed by atoms with Crippen LogP contribution in [-0.4, -0.2) is 13.9 Å². The van der Waals surface area contributed by atoms with Gasteiger partial charge in [0, 0.05) is 16.0 Å². The van der Waals surface area contributed by atoms with Crippen LogP contribution in [0.15, 0.2) is 34.5 Å². The molecule has 2 rings (SSSR count). The van der Waals surface area contributed by atoms with E-state index in [4.69, 9.17) is 4.18 Å². The minimum atomic E-state index is -5.71. The maximum Gasteiger partial charge on any atom is 0.534 e. The summed E-state index contributed by atoms with van der Waals surface area (Å²) < 4.78 is 67.4. The van der Waals surface area contributed by atoms with E-state index in [-0.39, 0.29) is 17.6 Å². The van der Waals surface area contributed by atoms with Crippen LogP contribution in [0.1, 0.15) is 39.2 Å². The summed E-state index contributed by atoms with van der Waals surface area (Å²) in [5.74, 6) is -0.649. The van der Waals surface area contributed by atoms with Crippen molar-refractivity contribution in [3.05, 3.63) is 40.1 Å². The highest BCUT2D eigenvalue weighted by Gasteiger charge is 2.50. The number of hydrogen-bond acceptors (Lipinski definition) is 3. The van der Waals surface area contributed by atoms with E-state index in [2.05, 4.69) is 15.9 Å². The summed E-state index contributed by atoms with van der Waals surface area (Å²) >= 11 is 3.40. The van der Waals surface area contributed by atoms with Gasteiger partial charge in [-0.15, -0.1) is 0 Å². The number of benzene rings is 1. The maximum absolute atomic E-state index is 12.9. The van der Waals surface area contributed by atoms with Gasteiger partial charge in [-0.05, 0) is 36.3 Å². The third kappa shape index (κ3) is 4.22. The lowest BCUT2D eigenvalue weighted by atomic mass is 9.75. The Kier molecular flexibility index (Phi) is 5.93. The average Bonchev–Trinajstić information content (AvgIpc) is 2.47. The third-order valence-electron chi connectivity index (χ3n) is 4.46. The van der Waals surface area contributed by atoms with Gasteiger partial charge in [0.25, 0.3) is 0 Å². The molecule has 0 aliphatic heterocycles. The summed E-state index contributed by atoms with van der Waals surface area (Å²) in [6.45, 7) is 5.57. The minimum absolute atomic E-state index is 0.0524. The van der Waals surface area contributed by atoms with E-state index >= 15 is 0 Å². The molecule has 0 bridgehead atoms.